The highest BCUT2D eigenvalue weighted by molar-refractivity contribution is 6.42. The maximum absolute atomic E-state index is 6.00. The minimum Gasteiger partial charge on any atom is -0.279 e. The van der Waals surface area contributed by atoms with E-state index in [0.717, 1.165) is 11.3 Å². The van der Waals surface area contributed by atoms with Crippen LogP contribution >= 0.6 is 23.2 Å². The Morgan fingerprint density at radius 2 is 2.26 bits per heavy atom. The predicted octanol–water partition coefficient (Wildman–Crippen LogP) is 2.78. The molecule has 1 heterocycles. The number of hydrogen-bond acceptors (Lipinski definition) is 4. The lowest BCUT2D eigenvalue weighted by Crippen LogP contribution is -2.11. The standard InChI is InChI=1S/C12H12Cl2N4O/c1-19-17-12(4-5-18-8-15-7-16-18)9-2-3-10(13)11(14)6-9/h2-4,6-8,17H,5H2,1H3/b12-4-. The molecule has 0 fully saturated rings. The van der Waals surface area contributed by atoms with Crippen molar-refractivity contribution in [2.75, 3.05) is 7.11 Å². The Hall–Kier alpha value is -1.56. The Morgan fingerprint density at radius 1 is 1.42 bits per heavy atom. The fourth-order valence-electron chi connectivity index (χ4n) is 1.50. The quantitative estimate of drug-likeness (QED) is 0.863. The molecule has 2 rings (SSSR count). The van der Waals surface area contributed by atoms with Gasteiger partial charge in [0.2, 0.25) is 0 Å². The van der Waals surface area contributed by atoms with Crippen LogP contribution < -0.4 is 5.48 Å². The Kier molecular flexibility index (Phi) is 4.79. The van der Waals surface area contributed by atoms with Gasteiger partial charge in [-0.3, -0.25) is 10.3 Å². The van der Waals surface area contributed by atoms with Gasteiger partial charge in [-0.25, -0.2) is 9.67 Å². The normalized spacial score (nSPS) is 11.6. The first-order chi connectivity index (χ1) is 9.20. The van der Waals surface area contributed by atoms with Crippen molar-refractivity contribution in [2.45, 2.75) is 6.54 Å². The number of aromatic nitrogens is 3. The molecule has 0 aliphatic heterocycles. The van der Waals surface area contributed by atoms with E-state index in [2.05, 4.69) is 15.6 Å². The van der Waals surface area contributed by atoms with Crippen molar-refractivity contribution in [2.24, 2.45) is 0 Å². The number of benzene rings is 1. The Morgan fingerprint density at radius 3 is 2.89 bits per heavy atom. The number of hydroxylamine groups is 1. The van der Waals surface area contributed by atoms with Gasteiger partial charge < -0.3 is 0 Å². The van der Waals surface area contributed by atoms with Crippen molar-refractivity contribution in [3.05, 3.63) is 52.5 Å². The predicted molar refractivity (Wildman–Crippen MR) is 74.6 cm³/mol. The number of hydrogen-bond donors (Lipinski definition) is 1. The highest BCUT2D eigenvalue weighted by Crippen LogP contribution is 2.25. The molecule has 5 nitrogen and oxygen atoms in total. The van der Waals surface area contributed by atoms with E-state index >= 15 is 0 Å². The summed E-state index contributed by atoms with van der Waals surface area (Å²) in [6.45, 7) is 0.561. The first kappa shape index (κ1) is 13.9. The molecule has 1 N–H and O–H groups in total. The monoisotopic (exact) mass is 298 g/mol. The van der Waals surface area contributed by atoms with Gasteiger partial charge in [-0.2, -0.15) is 5.10 Å². The van der Waals surface area contributed by atoms with Gasteiger partial charge >= 0.3 is 0 Å². The fraction of sp³-hybridized carbons (Fsp3) is 0.167. The Labute approximate surface area is 120 Å². The SMILES string of the molecule is CON/C(=C\Cn1cncn1)c1ccc(Cl)c(Cl)c1. The second-order valence-electron chi connectivity index (χ2n) is 3.67. The van der Waals surface area contributed by atoms with Crippen molar-refractivity contribution in [1.29, 1.82) is 0 Å². The number of nitrogens with zero attached hydrogens (tertiary/aromatic N) is 3. The van der Waals surface area contributed by atoms with Crippen molar-refractivity contribution in [3.63, 3.8) is 0 Å². The third kappa shape index (κ3) is 3.70. The first-order valence-corrected chi connectivity index (χ1v) is 6.23. The summed E-state index contributed by atoms with van der Waals surface area (Å²) in [6, 6.07) is 5.36. The van der Waals surface area contributed by atoms with Crippen LogP contribution in [0.25, 0.3) is 5.70 Å². The van der Waals surface area contributed by atoms with E-state index in [1.807, 2.05) is 12.1 Å². The van der Waals surface area contributed by atoms with Gasteiger partial charge in [-0.1, -0.05) is 29.3 Å². The van der Waals surface area contributed by atoms with Crippen LogP contribution in [0.3, 0.4) is 0 Å². The zero-order valence-corrected chi connectivity index (χ0v) is 11.7. The summed E-state index contributed by atoms with van der Waals surface area (Å²) < 4.78 is 1.69. The highest BCUT2D eigenvalue weighted by Gasteiger charge is 2.04. The molecule has 0 bridgehead atoms. The topological polar surface area (TPSA) is 52.0 Å². The van der Waals surface area contributed by atoms with Gasteiger partial charge in [0.25, 0.3) is 0 Å². The summed E-state index contributed by atoms with van der Waals surface area (Å²) >= 11 is 11.9. The molecule has 100 valence electrons. The lowest BCUT2D eigenvalue weighted by molar-refractivity contribution is 0.136. The summed E-state index contributed by atoms with van der Waals surface area (Å²) in [5.41, 5.74) is 4.45. The molecule has 0 saturated carbocycles. The second-order valence-corrected chi connectivity index (χ2v) is 4.48. The molecule has 0 aliphatic rings. The lowest BCUT2D eigenvalue weighted by Gasteiger charge is -2.10. The molecule has 1 aromatic heterocycles. The van der Waals surface area contributed by atoms with E-state index in [-0.39, 0.29) is 0 Å². The van der Waals surface area contributed by atoms with E-state index in [4.69, 9.17) is 28.0 Å². The number of allylic oxidation sites excluding steroid dienone is 1. The average molecular weight is 299 g/mol. The lowest BCUT2D eigenvalue weighted by atomic mass is 10.1. The van der Waals surface area contributed by atoms with Gasteiger partial charge in [0.15, 0.2) is 0 Å². The molecule has 0 spiro atoms. The van der Waals surface area contributed by atoms with Gasteiger partial charge in [0, 0.05) is 5.56 Å². The largest absolute Gasteiger partial charge is 0.279 e. The van der Waals surface area contributed by atoms with Crippen molar-refractivity contribution in [3.8, 4) is 0 Å². The van der Waals surface area contributed by atoms with Crippen LogP contribution in [-0.2, 0) is 11.4 Å². The minimum absolute atomic E-state index is 0.490. The van der Waals surface area contributed by atoms with Gasteiger partial charge in [-0.15, -0.1) is 0 Å². The smallest absolute Gasteiger partial charge is 0.137 e. The van der Waals surface area contributed by atoms with Crippen molar-refractivity contribution in [1.82, 2.24) is 20.2 Å². The van der Waals surface area contributed by atoms with Gasteiger partial charge in [0.05, 0.1) is 29.4 Å². The molecule has 2 aromatic rings. The van der Waals surface area contributed by atoms with E-state index in [9.17, 15) is 0 Å². The fourth-order valence-corrected chi connectivity index (χ4v) is 1.80. The van der Waals surface area contributed by atoms with Crippen LogP contribution in [0.5, 0.6) is 0 Å². The van der Waals surface area contributed by atoms with E-state index in [0.29, 0.717) is 16.6 Å². The van der Waals surface area contributed by atoms with Crippen LogP contribution in [0.4, 0.5) is 0 Å². The summed E-state index contributed by atoms with van der Waals surface area (Å²) in [7, 11) is 1.54. The van der Waals surface area contributed by atoms with Crippen LogP contribution in [0.2, 0.25) is 10.0 Å². The molecule has 0 unspecified atom stereocenters. The number of halogens is 2. The van der Waals surface area contributed by atoms with Crippen molar-refractivity contribution < 1.29 is 4.84 Å². The zero-order valence-electron chi connectivity index (χ0n) is 10.2. The molecule has 19 heavy (non-hydrogen) atoms. The molecule has 0 saturated heterocycles. The maximum atomic E-state index is 6.00. The van der Waals surface area contributed by atoms with Gasteiger partial charge in [-0.05, 0) is 18.2 Å². The zero-order chi connectivity index (χ0) is 13.7. The van der Waals surface area contributed by atoms with E-state index in [1.165, 1.54) is 6.33 Å². The summed E-state index contributed by atoms with van der Waals surface area (Å²) in [4.78, 5) is 8.84. The van der Waals surface area contributed by atoms with Crippen LogP contribution in [0.15, 0.2) is 36.9 Å². The summed E-state index contributed by atoms with van der Waals surface area (Å²) in [5, 5.41) is 5.02. The van der Waals surface area contributed by atoms with E-state index in [1.54, 1.807) is 30.3 Å². The molecule has 7 heteroatoms. The van der Waals surface area contributed by atoms with Crippen LogP contribution in [0, 0.1) is 0 Å². The molecule has 0 atom stereocenters. The average Bonchev–Trinajstić information content (AvgIpc) is 2.91. The molecule has 0 amide bonds. The van der Waals surface area contributed by atoms with Gasteiger partial charge in [0.1, 0.15) is 12.7 Å². The van der Waals surface area contributed by atoms with Crippen LogP contribution in [-0.4, -0.2) is 21.9 Å². The number of rotatable bonds is 5. The molecule has 1 aromatic carbocycles. The molecule has 0 aliphatic carbocycles. The van der Waals surface area contributed by atoms with Crippen molar-refractivity contribution >= 4 is 28.9 Å². The molecular formula is C12H12Cl2N4O. The number of nitrogens with one attached hydrogen (secondary N) is 1. The Balaban J connectivity index is 2.23. The second kappa shape index (κ2) is 6.56. The first-order valence-electron chi connectivity index (χ1n) is 5.47. The summed E-state index contributed by atoms with van der Waals surface area (Å²) in [5.74, 6) is 0. The summed E-state index contributed by atoms with van der Waals surface area (Å²) in [6.07, 6.45) is 5.03. The van der Waals surface area contributed by atoms with E-state index < -0.39 is 0 Å². The minimum atomic E-state index is 0.490. The van der Waals surface area contributed by atoms with Crippen LogP contribution in [0.1, 0.15) is 5.56 Å². The molecular weight excluding hydrogens is 287 g/mol. The molecule has 0 radical (unpaired) electrons. The maximum Gasteiger partial charge on any atom is 0.137 e. The highest BCUT2D eigenvalue weighted by atomic mass is 35.5. The Bertz CT molecular complexity index is 569. The third-order valence-electron chi connectivity index (χ3n) is 2.39. The third-order valence-corrected chi connectivity index (χ3v) is 3.13.